The van der Waals surface area contributed by atoms with Crippen LogP contribution >= 0.6 is 11.6 Å². The summed E-state index contributed by atoms with van der Waals surface area (Å²) in [5, 5.41) is 0.961. The van der Waals surface area contributed by atoms with E-state index in [1.54, 1.807) is 0 Å². The van der Waals surface area contributed by atoms with Gasteiger partial charge in [0.05, 0.1) is 17.2 Å². The third-order valence-corrected chi connectivity index (χ3v) is 3.02. The number of halogens is 1. The quantitative estimate of drug-likeness (QED) is 0.636. The van der Waals surface area contributed by atoms with Crippen molar-refractivity contribution in [1.29, 1.82) is 0 Å². The molecule has 0 radical (unpaired) electrons. The van der Waals surface area contributed by atoms with Crippen molar-refractivity contribution in [1.82, 2.24) is 0 Å². The second kappa shape index (κ2) is 3.00. The van der Waals surface area contributed by atoms with Crippen LogP contribution in [0.4, 0.5) is 0 Å². The number of hydrogen-bond acceptors (Lipinski definition) is 1. The highest BCUT2D eigenvalue weighted by atomic mass is 35.5. The summed E-state index contributed by atoms with van der Waals surface area (Å²) in [5.41, 5.74) is 2.77. The van der Waals surface area contributed by atoms with Crippen molar-refractivity contribution < 1.29 is 4.74 Å². The molecule has 3 aliphatic rings. The van der Waals surface area contributed by atoms with Gasteiger partial charge >= 0.3 is 0 Å². The first kappa shape index (κ1) is 9.04. The molecule has 2 heteroatoms. The summed E-state index contributed by atoms with van der Waals surface area (Å²) in [4.78, 5) is 0. The van der Waals surface area contributed by atoms with Crippen LogP contribution in [0.2, 0.25) is 5.02 Å². The fraction of sp³-hybridized carbons (Fsp3) is 0.455. The zero-order valence-electron chi connectivity index (χ0n) is 7.93. The molecule has 0 aromatic carbocycles. The van der Waals surface area contributed by atoms with Crippen LogP contribution in [0, 0.1) is 0 Å². The molecule has 0 spiro atoms. The molecule has 1 heterocycles. The molecule has 2 aliphatic carbocycles. The Hall–Kier alpha value is -0.530. The van der Waals surface area contributed by atoms with Crippen LogP contribution in [0.25, 0.3) is 11.1 Å². The molecule has 0 saturated carbocycles. The average Bonchev–Trinajstić information content (AvgIpc) is 2.95. The topological polar surface area (TPSA) is 12.5 Å². The van der Waals surface area contributed by atoms with Crippen molar-refractivity contribution in [3.63, 3.8) is 0 Å². The van der Waals surface area contributed by atoms with Crippen molar-refractivity contribution in [3.8, 4) is 11.1 Å². The van der Waals surface area contributed by atoms with Crippen LogP contribution in [0.15, 0.2) is 18.2 Å². The van der Waals surface area contributed by atoms with Gasteiger partial charge in [0.2, 0.25) is 0 Å². The van der Waals surface area contributed by atoms with Crippen molar-refractivity contribution in [2.75, 3.05) is 6.61 Å². The Labute approximate surface area is 83.7 Å². The highest BCUT2D eigenvalue weighted by Gasteiger charge is 2.36. The molecule has 3 rings (SSSR count). The molecular weight excluding hydrogens is 184 g/mol. The summed E-state index contributed by atoms with van der Waals surface area (Å²) < 4.78 is 5.05. The van der Waals surface area contributed by atoms with Gasteiger partial charge in [-0.2, -0.15) is 0 Å². The lowest BCUT2D eigenvalue weighted by atomic mass is 10.1. The minimum absolute atomic E-state index is 0.292. The Morgan fingerprint density at radius 2 is 2.00 bits per heavy atom. The lowest BCUT2D eigenvalue weighted by Gasteiger charge is -1.92. The van der Waals surface area contributed by atoms with E-state index in [-0.39, 0.29) is 0 Å². The molecule has 0 aromatic rings. The Bertz CT molecular complexity index is 309. The van der Waals surface area contributed by atoms with Crippen LogP contribution in [0.3, 0.4) is 0 Å². The predicted octanol–water partition coefficient (Wildman–Crippen LogP) is 3.51. The Kier molecular flexibility index (Phi) is 2.09. The Morgan fingerprint density at radius 1 is 1.46 bits per heavy atom. The average molecular weight is 197 g/mol. The van der Waals surface area contributed by atoms with Crippen molar-refractivity contribution >= 4 is 11.6 Å². The van der Waals surface area contributed by atoms with Crippen molar-refractivity contribution in [3.05, 3.63) is 23.2 Å². The monoisotopic (exact) mass is 196 g/mol. The fourth-order valence-corrected chi connectivity index (χ4v) is 1.37. The number of epoxide rings is 1. The van der Waals surface area contributed by atoms with Gasteiger partial charge in [0.25, 0.3) is 0 Å². The van der Waals surface area contributed by atoms with Crippen LogP contribution in [-0.2, 0) is 4.74 Å². The number of fused-ring (bicyclic) bond motifs is 1. The third-order valence-electron chi connectivity index (χ3n) is 2.61. The first-order chi connectivity index (χ1) is 6.16. The van der Waals surface area contributed by atoms with Gasteiger partial charge in [-0.25, -0.2) is 0 Å². The molecular formula is C11H13ClO. The lowest BCUT2D eigenvalue weighted by Crippen LogP contribution is -1.98. The summed E-state index contributed by atoms with van der Waals surface area (Å²) in [6.45, 7) is 5.25. The maximum atomic E-state index is 5.61. The third kappa shape index (κ3) is 1.87. The summed E-state index contributed by atoms with van der Waals surface area (Å²) in [6.07, 6.45) is 1.16. The number of ether oxygens (including phenoxy) is 1. The molecule has 1 unspecified atom stereocenters. The van der Waals surface area contributed by atoms with E-state index in [1.807, 2.05) is 18.2 Å². The van der Waals surface area contributed by atoms with Crippen LogP contribution in [0.5, 0.6) is 0 Å². The maximum Gasteiger partial charge on any atom is 0.0886 e. The highest BCUT2D eigenvalue weighted by molar-refractivity contribution is 6.41. The first-order valence-corrected chi connectivity index (χ1v) is 4.97. The van der Waals surface area contributed by atoms with E-state index in [1.165, 1.54) is 11.1 Å². The number of rotatable bonds is 1. The molecule has 1 nitrogen and oxygen atoms in total. The smallest absolute Gasteiger partial charge is 0.0886 e. The number of benzene rings is 1. The summed E-state index contributed by atoms with van der Waals surface area (Å²) in [6, 6.07) is 6.06. The van der Waals surface area contributed by atoms with E-state index < -0.39 is 0 Å². The molecule has 13 heavy (non-hydrogen) atoms. The molecule has 1 aliphatic heterocycles. The minimum Gasteiger partial charge on any atom is -0.370 e. The van der Waals surface area contributed by atoms with E-state index in [0.717, 1.165) is 18.1 Å². The maximum absolute atomic E-state index is 5.61. The molecule has 0 bridgehead atoms. The molecule has 70 valence electrons. The Morgan fingerprint density at radius 3 is 2.15 bits per heavy atom. The first-order valence-electron chi connectivity index (χ1n) is 4.59. The largest absolute Gasteiger partial charge is 0.370 e. The lowest BCUT2D eigenvalue weighted by molar-refractivity contribution is 0.317. The van der Waals surface area contributed by atoms with Crippen molar-refractivity contribution in [2.24, 2.45) is 0 Å². The second-order valence-corrected chi connectivity index (χ2v) is 4.14. The SMILES string of the molecule is CCC1(C)CO1.Clc1c2cccc1-2. The molecule has 1 atom stereocenters. The molecule has 0 N–H and O–H groups in total. The highest BCUT2D eigenvalue weighted by Crippen LogP contribution is 2.47. The summed E-state index contributed by atoms with van der Waals surface area (Å²) in [7, 11) is 0. The molecule has 1 fully saturated rings. The van der Waals surface area contributed by atoms with Crippen LogP contribution in [0.1, 0.15) is 20.3 Å². The minimum atomic E-state index is 0.292. The van der Waals surface area contributed by atoms with Gasteiger partial charge in [-0.15, -0.1) is 0 Å². The van der Waals surface area contributed by atoms with E-state index in [2.05, 4.69) is 13.8 Å². The van der Waals surface area contributed by atoms with Gasteiger partial charge in [-0.05, 0) is 13.3 Å². The van der Waals surface area contributed by atoms with Crippen LogP contribution in [-0.4, -0.2) is 12.2 Å². The van der Waals surface area contributed by atoms with E-state index >= 15 is 0 Å². The summed E-state index contributed by atoms with van der Waals surface area (Å²) in [5.74, 6) is 0. The van der Waals surface area contributed by atoms with Gasteiger partial charge in [-0.1, -0.05) is 36.7 Å². The normalized spacial score (nSPS) is 26.1. The zero-order valence-corrected chi connectivity index (χ0v) is 8.69. The van der Waals surface area contributed by atoms with E-state index in [0.29, 0.717) is 5.60 Å². The molecule has 1 saturated heterocycles. The van der Waals surface area contributed by atoms with Crippen molar-refractivity contribution in [2.45, 2.75) is 25.9 Å². The van der Waals surface area contributed by atoms with E-state index in [9.17, 15) is 0 Å². The van der Waals surface area contributed by atoms with Gasteiger partial charge < -0.3 is 4.74 Å². The van der Waals surface area contributed by atoms with Gasteiger partial charge in [-0.3, -0.25) is 0 Å². The predicted molar refractivity (Wildman–Crippen MR) is 55.1 cm³/mol. The second-order valence-electron chi connectivity index (χ2n) is 3.76. The number of hydrogen-bond donors (Lipinski definition) is 0. The standard InChI is InChI=1S/C6H3Cl.C5H10O/c7-6-4-2-1-3-5(4)6;1-3-5(2)4-6-5/h1-3H;3-4H2,1-2H3. The Balaban J connectivity index is 0.000000102. The van der Waals surface area contributed by atoms with Crippen LogP contribution < -0.4 is 0 Å². The molecule has 0 amide bonds. The van der Waals surface area contributed by atoms with Gasteiger partial charge in [0.1, 0.15) is 0 Å². The van der Waals surface area contributed by atoms with Gasteiger partial charge in [0, 0.05) is 11.1 Å². The fourth-order valence-electron chi connectivity index (χ4n) is 1.09. The zero-order chi connectivity index (χ0) is 9.47. The molecule has 0 aromatic heterocycles. The van der Waals surface area contributed by atoms with E-state index in [4.69, 9.17) is 16.3 Å². The summed E-state index contributed by atoms with van der Waals surface area (Å²) >= 11 is 5.61. The van der Waals surface area contributed by atoms with Gasteiger partial charge in [0.15, 0.2) is 0 Å².